The number of rotatable bonds is 71. The molecule has 4 aliphatic rings. The van der Waals surface area contributed by atoms with E-state index in [-0.39, 0.29) is 241 Å². The Balaban J connectivity index is 1.13. The van der Waals surface area contributed by atoms with E-state index in [0.29, 0.717) is 63.5 Å². The molecule has 756 valence electrons. The van der Waals surface area contributed by atoms with Crippen molar-refractivity contribution in [2.24, 2.45) is 0 Å². The van der Waals surface area contributed by atoms with Gasteiger partial charge in [-0.2, -0.15) is 0 Å². The van der Waals surface area contributed by atoms with E-state index >= 15 is 4.39 Å². The summed E-state index contributed by atoms with van der Waals surface area (Å²) in [6.07, 6.45) is -12.0. The van der Waals surface area contributed by atoms with Crippen LogP contribution in [0, 0.1) is 0 Å². The van der Waals surface area contributed by atoms with Crippen molar-refractivity contribution in [1.82, 2.24) is 62.8 Å². The number of halogens is 1. The minimum atomic E-state index is -4.93. The zero-order chi connectivity index (χ0) is 95.8. The lowest BCUT2D eigenvalue weighted by atomic mass is 9.88. The Labute approximate surface area is 758 Å². The van der Waals surface area contributed by atoms with Crippen molar-refractivity contribution in [3.8, 4) is 0 Å². The summed E-state index contributed by atoms with van der Waals surface area (Å²) in [6.45, 7) is 1.11. The second-order valence-electron chi connectivity index (χ2n) is 31.1. The fraction of sp³-hybridized carbons (Fsp3) is 0.861. The molecule has 3 aliphatic heterocycles. The number of hydrogen-bond donors (Lipinski definition) is 19. The third kappa shape index (κ3) is 45.3. The van der Waals surface area contributed by atoms with E-state index < -0.39 is 185 Å². The van der Waals surface area contributed by atoms with E-state index in [2.05, 4.69) is 62.7 Å². The molecule has 52 heteroatoms. The lowest BCUT2D eigenvalue weighted by Gasteiger charge is -2.42. The topological polar surface area (TPSA) is 692 Å². The fourth-order valence-corrected chi connectivity index (χ4v) is 14.1. The molecule has 5 rings (SSSR count). The van der Waals surface area contributed by atoms with Gasteiger partial charge in [0.1, 0.15) is 84.3 Å². The van der Waals surface area contributed by atoms with E-state index in [1.807, 2.05) is 0 Å². The minimum Gasteiger partial charge on any atom is -0.756 e. The molecule has 3 saturated heterocycles. The Morgan fingerprint density at radius 2 is 0.794 bits per heavy atom. The van der Waals surface area contributed by atoms with Crippen molar-refractivity contribution < 1.29 is 188 Å². The second-order valence-corrected chi connectivity index (χ2v) is 32.3. The Morgan fingerprint density at radius 3 is 1.18 bits per heavy atom. The summed E-state index contributed by atoms with van der Waals surface area (Å²) < 4.78 is 124. The standard InChI is InChI=1S/C79H140FN12O38P/c1-52(96)86-64-70(107)67(104)56(46-93)128-74(64)124-42-38-118-35-32-114-28-20-82-60(100)15-25-121-49-78(50-122-26-16-61(101)83-21-29-115-33-36-119-39-43-125-75-65(87-53(2)97)71(108)68(105)57(47-94)129-75,51-123-27-17-62(102)84-22-30-116-34-37-120-40-44-126-76-66(88-54(3)98)72(109)69(106)58(48-95)130-76)89-63(103)14-9-5-4-8-13-59(99)81-19-11-24-92-55-12-7-6-10-18-79(80,73(55)90-91-92)77(110)85-23-31-117-41-45-127-131(111,112)113/h56-58,64-72,74-76,93-95,104-109H,4-51H2,1-3H3,(H,81,99)(H,82,100)(H,83,101)(H,84,102)(H,85,110)(H,86,96)(H,87,97)(H,88,98)(H,89,103)(H2,111,112,113)/p-1. The van der Waals surface area contributed by atoms with Crippen molar-refractivity contribution in [2.75, 3.05) is 211 Å². The van der Waals surface area contributed by atoms with Crippen LogP contribution in [-0.4, -0.2) is 428 Å². The molecule has 19 N–H and O–H groups in total. The highest BCUT2D eigenvalue weighted by Gasteiger charge is 2.50. The Bertz CT molecular complexity index is 3270. The highest BCUT2D eigenvalue weighted by Crippen LogP contribution is 2.37. The van der Waals surface area contributed by atoms with Crippen molar-refractivity contribution in [3.05, 3.63) is 11.4 Å². The van der Waals surface area contributed by atoms with Gasteiger partial charge >= 0.3 is 0 Å². The van der Waals surface area contributed by atoms with Crippen molar-refractivity contribution in [2.45, 2.75) is 227 Å². The number of aromatic nitrogens is 3. The lowest BCUT2D eigenvalue weighted by molar-refractivity contribution is -0.272. The number of unbranched alkanes of at least 4 members (excludes halogenated alkanes) is 3. The van der Waals surface area contributed by atoms with Crippen LogP contribution in [0.1, 0.15) is 122 Å². The van der Waals surface area contributed by atoms with Gasteiger partial charge < -0.3 is 184 Å². The van der Waals surface area contributed by atoms with Crippen LogP contribution in [0.3, 0.4) is 0 Å². The number of carbonyl (C=O) groups is 9. The van der Waals surface area contributed by atoms with Crippen LogP contribution < -0.4 is 52.7 Å². The maximum Gasteiger partial charge on any atom is 0.265 e. The molecule has 50 nitrogen and oxygen atoms in total. The number of nitrogens with one attached hydrogen (secondary N) is 9. The largest absolute Gasteiger partial charge is 0.756 e. The van der Waals surface area contributed by atoms with Gasteiger partial charge in [0, 0.05) is 92.1 Å². The van der Waals surface area contributed by atoms with Gasteiger partial charge in [-0.3, -0.25) is 47.7 Å². The van der Waals surface area contributed by atoms with E-state index in [4.69, 9.17) is 80.7 Å². The minimum absolute atomic E-state index is 0.0173. The molecule has 17 atom stereocenters. The van der Waals surface area contributed by atoms with Crippen molar-refractivity contribution in [1.29, 1.82) is 0 Å². The second kappa shape index (κ2) is 65.2. The molecule has 131 heavy (non-hydrogen) atoms. The van der Waals surface area contributed by atoms with Crippen molar-refractivity contribution >= 4 is 61.0 Å². The maximum atomic E-state index is 16.7. The first-order valence-corrected chi connectivity index (χ1v) is 45.6. The van der Waals surface area contributed by atoms with Crippen LogP contribution in [0.2, 0.25) is 0 Å². The number of amides is 9. The first-order valence-electron chi connectivity index (χ1n) is 44.1. The summed E-state index contributed by atoms with van der Waals surface area (Å²) in [7, 11) is -4.93. The summed E-state index contributed by atoms with van der Waals surface area (Å²) in [4.78, 5) is 135. The Kier molecular flexibility index (Phi) is 57.2. The third-order valence-electron chi connectivity index (χ3n) is 20.5. The van der Waals surface area contributed by atoms with Gasteiger partial charge in [-0.25, -0.2) is 9.07 Å². The molecule has 0 saturated carbocycles. The first kappa shape index (κ1) is 115. The number of nitrogens with zero attached hydrogens (tertiary/aromatic N) is 3. The summed E-state index contributed by atoms with van der Waals surface area (Å²) in [5.41, 5.74) is -3.62. The SMILES string of the molecule is CC(=O)NC1C(OCCOCCOCCNC(=O)CCOCC(COCCC(=O)NCCOCCOCCOC2OC(CO)C(O)C(O)C2NC(C)=O)(COCCC(=O)NCCOCCOCCOC2OC(CO)C(O)C(O)C2NC(C)=O)NC(=O)CCCCCCC(=O)NCCCn2nnc3c2CCCCCC3(F)C(=O)NCCOCCOP(=O)([O-])O)OC(CO)C(O)C1O. The van der Waals surface area contributed by atoms with Crippen LogP contribution in [0.4, 0.5) is 4.39 Å². The number of aryl methyl sites for hydroxylation is 1. The van der Waals surface area contributed by atoms with Crippen molar-refractivity contribution in [3.63, 3.8) is 0 Å². The van der Waals surface area contributed by atoms with Gasteiger partial charge in [-0.05, 0) is 44.9 Å². The molecule has 0 bridgehead atoms. The van der Waals surface area contributed by atoms with Crippen LogP contribution in [0.5, 0.6) is 0 Å². The van der Waals surface area contributed by atoms with Gasteiger partial charge in [0.2, 0.25) is 52.9 Å². The summed E-state index contributed by atoms with van der Waals surface area (Å²) in [6, 6.07) is -3.38. The van der Waals surface area contributed by atoms with Gasteiger partial charge in [-0.1, -0.05) is 24.5 Å². The Hall–Kier alpha value is -6.59. The number of fused-ring (bicyclic) bond motifs is 1. The lowest BCUT2D eigenvalue weighted by Crippen LogP contribution is -2.64. The quantitative estimate of drug-likeness (QED) is 0.0213. The highest BCUT2D eigenvalue weighted by molar-refractivity contribution is 7.44. The average molecular weight is 1910 g/mol. The highest BCUT2D eigenvalue weighted by atomic mass is 31.2. The zero-order valence-corrected chi connectivity index (χ0v) is 75.6. The predicted molar refractivity (Wildman–Crippen MR) is 445 cm³/mol. The predicted octanol–water partition coefficient (Wildman–Crippen LogP) is -8.58. The number of hydrogen-bond acceptors (Lipinski definition) is 39. The molecule has 0 spiro atoms. The third-order valence-corrected chi connectivity index (χ3v) is 21.0. The summed E-state index contributed by atoms with van der Waals surface area (Å²) in [5, 5.41) is 123. The molecular weight excluding hydrogens is 1770 g/mol. The van der Waals surface area contributed by atoms with Crippen LogP contribution >= 0.6 is 7.82 Å². The fourth-order valence-electron chi connectivity index (χ4n) is 13.8. The molecule has 0 aromatic carbocycles. The zero-order valence-electron chi connectivity index (χ0n) is 74.7. The van der Waals surface area contributed by atoms with Gasteiger partial charge in [0.15, 0.2) is 18.9 Å². The smallest absolute Gasteiger partial charge is 0.265 e. The van der Waals surface area contributed by atoms with E-state index in [9.17, 15) is 98.6 Å². The van der Waals surface area contributed by atoms with Crippen LogP contribution in [-0.2, 0) is 147 Å². The number of phosphoric acid groups is 1. The Morgan fingerprint density at radius 1 is 0.443 bits per heavy atom. The van der Waals surface area contributed by atoms with Crippen LogP contribution in [0.15, 0.2) is 0 Å². The maximum absolute atomic E-state index is 16.7. The molecule has 17 unspecified atom stereocenters. The molecule has 9 amide bonds. The van der Waals surface area contributed by atoms with E-state index in [0.717, 1.165) is 0 Å². The first-order chi connectivity index (χ1) is 62.9. The normalized spacial score (nSPS) is 24.8. The molecule has 4 heterocycles. The van der Waals surface area contributed by atoms with Gasteiger partial charge in [-0.15, -0.1) is 5.10 Å². The van der Waals surface area contributed by atoms with E-state index in [1.54, 1.807) is 0 Å². The summed E-state index contributed by atoms with van der Waals surface area (Å²) in [5.74, 6) is -4.43. The summed E-state index contributed by atoms with van der Waals surface area (Å²) >= 11 is 0. The van der Waals surface area contributed by atoms with Crippen LogP contribution in [0.25, 0.3) is 0 Å². The number of phosphoric ester groups is 1. The van der Waals surface area contributed by atoms with E-state index in [1.165, 1.54) is 25.5 Å². The number of ether oxygens (including phenoxy) is 16. The molecule has 1 aromatic rings. The number of carbonyl (C=O) groups excluding carboxylic acids is 9. The molecule has 3 fully saturated rings. The molecular formula is C79H139FN12O38P-. The molecule has 1 aliphatic carbocycles. The van der Waals surface area contributed by atoms with Gasteiger partial charge in [0.25, 0.3) is 13.7 Å². The molecule has 0 radical (unpaired) electrons. The number of aliphatic hydroxyl groups excluding tert-OH is 9. The van der Waals surface area contributed by atoms with Gasteiger partial charge in [0.05, 0.1) is 184 Å². The molecule has 1 aromatic heterocycles. The monoisotopic (exact) mass is 1910 g/mol. The number of aliphatic hydroxyl groups is 9. The number of alkyl halides is 1. The average Bonchev–Trinajstić information content (AvgIpc) is 1.60.